The molecule has 0 aromatic rings. The number of fused-ring (bicyclic) bond motifs is 1. The number of rotatable bonds is 3. The maximum absolute atomic E-state index is 6.19. The smallest absolute Gasteiger partial charge is 0.0791 e. The zero-order valence-electron chi connectivity index (χ0n) is 12.8. The summed E-state index contributed by atoms with van der Waals surface area (Å²) in [7, 11) is 0. The van der Waals surface area contributed by atoms with E-state index >= 15 is 0 Å². The van der Waals surface area contributed by atoms with Crippen molar-refractivity contribution in [3.05, 3.63) is 12.2 Å². The third kappa shape index (κ3) is 3.38. The van der Waals surface area contributed by atoms with Crippen LogP contribution in [0.4, 0.5) is 0 Å². The van der Waals surface area contributed by atoms with Crippen LogP contribution in [0.3, 0.4) is 0 Å². The van der Waals surface area contributed by atoms with E-state index in [0.717, 1.165) is 23.7 Å². The van der Waals surface area contributed by atoms with Gasteiger partial charge >= 0.3 is 0 Å². The van der Waals surface area contributed by atoms with Crippen molar-refractivity contribution < 1.29 is 4.74 Å². The Morgan fingerprint density at radius 1 is 1.22 bits per heavy atom. The molecule has 1 aliphatic carbocycles. The van der Waals surface area contributed by atoms with E-state index in [-0.39, 0.29) is 5.60 Å². The second-order valence-electron chi connectivity index (χ2n) is 7.48. The molecule has 1 saturated heterocycles. The van der Waals surface area contributed by atoms with Gasteiger partial charge < -0.3 is 4.74 Å². The van der Waals surface area contributed by atoms with Gasteiger partial charge in [-0.25, -0.2) is 0 Å². The van der Waals surface area contributed by atoms with Gasteiger partial charge in [0.15, 0.2) is 0 Å². The van der Waals surface area contributed by atoms with Gasteiger partial charge in [-0.05, 0) is 63.2 Å². The number of allylic oxidation sites excluding steroid dienone is 1. The zero-order chi connectivity index (χ0) is 13.3. The lowest BCUT2D eigenvalue weighted by molar-refractivity contribution is -0.120. The topological polar surface area (TPSA) is 9.23 Å². The van der Waals surface area contributed by atoms with Gasteiger partial charge in [0, 0.05) is 0 Å². The normalized spacial score (nSPS) is 36.4. The molecule has 18 heavy (non-hydrogen) atoms. The molecule has 4 atom stereocenters. The second-order valence-corrected chi connectivity index (χ2v) is 7.48. The minimum absolute atomic E-state index is 0.0869. The van der Waals surface area contributed by atoms with Crippen LogP contribution in [0.1, 0.15) is 60.3 Å². The van der Waals surface area contributed by atoms with Crippen LogP contribution >= 0.6 is 0 Å². The minimum Gasteiger partial charge on any atom is -0.368 e. The van der Waals surface area contributed by atoms with E-state index in [4.69, 9.17) is 4.74 Å². The van der Waals surface area contributed by atoms with Crippen molar-refractivity contribution in [2.24, 2.45) is 23.7 Å². The third-order valence-corrected chi connectivity index (χ3v) is 5.03. The summed E-state index contributed by atoms with van der Waals surface area (Å²) in [4.78, 5) is 0. The van der Waals surface area contributed by atoms with Gasteiger partial charge in [0.1, 0.15) is 0 Å². The summed E-state index contributed by atoms with van der Waals surface area (Å²) >= 11 is 0. The van der Waals surface area contributed by atoms with Crippen molar-refractivity contribution in [1.29, 1.82) is 0 Å². The number of hydrogen-bond donors (Lipinski definition) is 0. The molecule has 0 bridgehead atoms. The largest absolute Gasteiger partial charge is 0.368 e. The van der Waals surface area contributed by atoms with Crippen molar-refractivity contribution in [1.82, 2.24) is 0 Å². The molecule has 0 N–H and O–H groups in total. The van der Waals surface area contributed by atoms with Gasteiger partial charge in [-0.2, -0.15) is 0 Å². The van der Waals surface area contributed by atoms with E-state index in [9.17, 15) is 0 Å². The highest BCUT2D eigenvalue weighted by Crippen LogP contribution is 2.40. The van der Waals surface area contributed by atoms with Crippen LogP contribution in [-0.4, -0.2) is 11.7 Å². The van der Waals surface area contributed by atoms with Crippen LogP contribution in [0.2, 0.25) is 0 Å². The lowest BCUT2D eigenvalue weighted by Crippen LogP contribution is -2.42. The first-order valence-electron chi connectivity index (χ1n) is 7.73. The van der Waals surface area contributed by atoms with Crippen LogP contribution < -0.4 is 0 Å². The summed E-state index contributed by atoms with van der Waals surface area (Å²) in [5.41, 5.74) is 0.0869. The van der Waals surface area contributed by atoms with E-state index in [0.29, 0.717) is 6.10 Å². The van der Waals surface area contributed by atoms with Gasteiger partial charge in [0.2, 0.25) is 0 Å². The summed E-state index contributed by atoms with van der Waals surface area (Å²) in [5, 5.41) is 0. The highest BCUT2D eigenvalue weighted by molar-refractivity contribution is 5.05. The molecule has 0 aromatic carbocycles. The quantitative estimate of drug-likeness (QED) is 0.653. The van der Waals surface area contributed by atoms with Gasteiger partial charge in [0.05, 0.1) is 11.7 Å². The fourth-order valence-electron chi connectivity index (χ4n) is 3.33. The van der Waals surface area contributed by atoms with E-state index in [1.807, 2.05) is 0 Å². The Bertz CT molecular complexity index is 303. The van der Waals surface area contributed by atoms with Crippen LogP contribution in [0, 0.1) is 23.7 Å². The molecule has 1 fully saturated rings. The lowest BCUT2D eigenvalue weighted by Gasteiger charge is -2.43. The Morgan fingerprint density at radius 3 is 2.61 bits per heavy atom. The van der Waals surface area contributed by atoms with E-state index in [1.165, 1.54) is 25.7 Å². The lowest BCUT2D eigenvalue weighted by atomic mass is 9.74. The fourth-order valence-corrected chi connectivity index (χ4v) is 3.33. The first-order chi connectivity index (χ1) is 8.37. The van der Waals surface area contributed by atoms with Crippen molar-refractivity contribution in [3.63, 3.8) is 0 Å². The van der Waals surface area contributed by atoms with E-state index < -0.39 is 0 Å². The molecule has 0 spiro atoms. The molecule has 1 heteroatoms. The average Bonchev–Trinajstić information content (AvgIpc) is 2.28. The van der Waals surface area contributed by atoms with Gasteiger partial charge in [-0.3, -0.25) is 0 Å². The van der Waals surface area contributed by atoms with E-state index in [2.05, 4.69) is 46.8 Å². The van der Waals surface area contributed by atoms with Gasteiger partial charge in [-0.1, -0.05) is 32.9 Å². The molecule has 0 amide bonds. The highest BCUT2D eigenvalue weighted by Gasteiger charge is 2.37. The maximum Gasteiger partial charge on any atom is 0.0791 e. The molecule has 2 rings (SSSR count). The zero-order valence-corrected chi connectivity index (χ0v) is 12.8. The summed E-state index contributed by atoms with van der Waals surface area (Å²) in [6.07, 6.45) is 10.4. The maximum atomic E-state index is 6.19. The summed E-state index contributed by atoms with van der Waals surface area (Å²) in [6, 6.07) is 0. The first-order valence-corrected chi connectivity index (χ1v) is 7.73. The molecule has 1 nitrogen and oxygen atoms in total. The summed E-state index contributed by atoms with van der Waals surface area (Å²) in [6.45, 7) is 11.5. The monoisotopic (exact) mass is 250 g/mol. The number of ether oxygens (including phenoxy) is 1. The summed E-state index contributed by atoms with van der Waals surface area (Å²) < 4.78 is 6.19. The van der Waals surface area contributed by atoms with Gasteiger partial charge in [-0.15, -0.1) is 0 Å². The van der Waals surface area contributed by atoms with Crippen LogP contribution in [-0.2, 0) is 4.74 Å². The van der Waals surface area contributed by atoms with Crippen molar-refractivity contribution >= 4 is 0 Å². The molecule has 104 valence electrons. The fraction of sp³-hybridized carbons (Fsp3) is 0.882. The standard InChI is InChI=1S/C17H30O/c1-12(2)13(3)10-14-6-7-16-15(11-14)8-9-17(4,5)18-16/h6-7,12-16H,8-11H2,1-5H3. The average molecular weight is 250 g/mol. The Kier molecular flexibility index (Phi) is 4.21. The molecular formula is C17H30O. The van der Waals surface area contributed by atoms with Crippen molar-refractivity contribution in [3.8, 4) is 0 Å². The first kappa shape index (κ1) is 14.1. The van der Waals surface area contributed by atoms with Gasteiger partial charge in [0.25, 0.3) is 0 Å². The van der Waals surface area contributed by atoms with Crippen LogP contribution in [0.15, 0.2) is 12.2 Å². The minimum atomic E-state index is 0.0869. The molecule has 2 aliphatic rings. The summed E-state index contributed by atoms with van der Waals surface area (Å²) in [5.74, 6) is 3.19. The molecule has 1 heterocycles. The molecule has 0 radical (unpaired) electrons. The second kappa shape index (κ2) is 5.36. The predicted molar refractivity (Wildman–Crippen MR) is 77.5 cm³/mol. The Morgan fingerprint density at radius 2 is 1.94 bits per heavy atom. The van der Waals surface area contributed by atoms with Crippen LogP contribution in [0.25, 0.3) is 0 Å². The molecular weight excluding hydrogens is 220 g/mol. The van der Waals surface area contributed by atoms with E-state index in [1.54, 1.807) is 0 Å². The SMILES string of the molecule is CC(C)C(C)CC1C=CC2OC(C)(C)CCC2C1. The predicted octanol–water partition coefficient (Wildman–Crippen LogP) is 4.82. The van der Waals surface area contributed by atoms with Crippen molar-refractivity contribution in [2.45, 2.75) is 72.0 Å². The Balaban J connectivity index is 1.93. The highest BCUT2D eigenvalue weighted by atomic mass is 16.5. The Labute approximate surface area is 113 Å². The molecule has 0 aromatic heterocycles. The van der Waals surface area contributed by atoms with Crippen LogP contribution in [0.5, 0.6) is 0 Å². The van der Waals surface area contributed by atoms with Crippen molar-refractivity contribution in [2.75, 3.05) is 0 Å². The Hall–Kier alpha value is -0.300. The molecule has 4 unspecified atom stereocenters. The molecule has 0 saturated carbocycles. The molecule has 1 aliphatic heterocycles. The number of hydrogen-bond acceptors (Lipinski definition) is 1. The third-order valence-electron chi connectivity index (χ3n) is 5.03.